The van der Waals surface area contributed by atoms with Gasteiger partial charge in [-0.1, -0.05) is 24.3 Å². The fraction of sp³-hybridized carbons (Fsp3) is 0.294. The molecule has 7 heteroatoms. The summed E-state index contributed by atoms with van der Waals surface area (Å²) in [5.41, 5.74) is 3.54. The predicted molar refractivity (Wildman–Crippen MR) is 90.1 cm³/mol. The molecule has 0 fully saturated rings. The summed E-state index contributed by atoms with van der Waals surface area (Å²) in [6.07, 6.45) is 1.95. The number of nitrogens with zero attached hydrogens (tertiary/aromatic N) is 2. The Bertz CT molecular complexity index is 791. The molecule has 2 aromatic carbocycles. The van der Waals surface area contributed by atoms with Gasteiger partial charge in [-0.05, 0) is 35.6 Å². The second-order valence-electron chi connectivity index (χ2n) is 5.87. The molecule has 7 nitrogen and oxygen atoms in total. The van der Waals surface area contributed by atoms with Crippen molar-refractivity contribution in [3.8, 4) is 0 Å². The number of hydrogen-bond acceptors (Lipinski definition) is 5. The van der Waals surface area contributed by atoms with E-state index in [1.807, 2.05) is 18.2 Å². The average molecular weight is 327 g/mol. The van der Waals surface area contributed by atoms with Crippen LogP contribution >= 0.6 is 0 Å². The molecule has 0 bridgehead atoms. The highest BCUT2D eigenvalue weighted by Crippen LogP contribution is 2.31. The zero-order valence-electron chi connectivity index (χ0n) is 13.0. The van der Waals surface area contributed by atoms with Crippen LogP contribution < -0.4 is 5.32 Å². The Kier molecular flexibility index (Phi) is 4.41. The summed E-state index contributed by atoms with van der Waals surface area (Å²) in [5.74, 6) is -0.507. The first-order valence-electron chi connectivity index (χ1n) is 7.77. The normalized spacial score (nSPS) is 14.3. The molecule has 1 N–H and O–H groups in total. The highest BCUT2D eigenvalue weighted by molar-refractivity contribution is 5.55. The van der Waals surface area contributed by atoms with Crippen LogP contribution in [0, 0.1) is 20.2 Å². The lowest BCUT2D eigenvalue weighted by Crippen LogP contribution is -2.16. The highest BCUT2D eigenvalue weighted by atomic mass is 16.6. The van der Waals surface area contributed by atoms with Crippen LogP contribution in [0.25, 0.3) is 0 Å². The van der Waals surface area contributed by atoms with E-state index < -0.39 is 10.8 Å². The first-order chi connectivity index (χ1) is 11.5. The lowest BCUT2D eigenvalue weighted by Gasteiger charge is -2.21. The van der Waals surface area contributed by atoms with Crippen LogP contribution in [0.3, 0.4) is 0 Å². The molecule has 0 aromatic heterocycles. The summed E-state index contributed by atoms with van der Waals surface area (Å²) < 4.78 is 0. The third-order valence-corrected chi connectivity index (χ3v) is 4.29. The Hall–Kier alpha value is -2.96. The molecular formula is C17H17N3O4. The summed E-state index contributed by atoms with van der Waals surface area (Å²) in [4.78, 5) is 21.3. The van der Waals surface area contributed by atoms with Crippen LogP contribution in [0.5, 0.6) is 0 Å². The van der Waals surface area contributed by atoms with Crippen molar-refractivity contribution in [2.75, 3.05) is 18.4 Å². The molecule has 24 heavy (non-hydrogen) atoms. The first kappa shape index (κ1) is 15.9. The van der Waals surface area contributed by atoms with Crippen molar-refractivity contribution in [3.05, 3.63) is 79.4 Å². The van der Waals surface area contributed by atoms with Crippen LogP contribution in [-0.2, 0) is 6.42 Å². The van der Waals surface area contributed by atoms with Gasteiger partial charge in [0.25, 0.3) is 5.69 Å². The average Bonchev–Trinajstić information content (AvgIpc) is 2.59. The molecule has 0 spiro atoms. The maximum atomic E-state index is 11.1. The zero-order valence-corrected chi connectivity index (χ0v) is 13.0. The molecule has 124 valence electrons. The summed E-state index contributed by atoms with van der Waals surface area (Å²) >= 11 is 0. The molecule has 0 unspecified atom stereocenters. The van der Waals surface area contributed by atoms with E-state index in [1.54, 1.807) is 12.1 Å². The lowest BCUT2D eigenvalue weighted by atomic mass is 9.88. The molecule has 1 heterocycles. The summed E-state index contributed by atoms with van der Waals surface area (Å²) in [6, 6.07) is 11.9. The third kappa shape index (κ3) is 3.34. The highest BCUT2D eigenvalue weighted by Gasteiger charge is 2.23. The van der Waals surface area contributed by atoms with Crippen LogP contribution in [0.2, 0.25) is 0 Å². The van der Waals surface area contributed by atoms with Crippen LogP contribution in [0.15, 0.2) is 42.5 Å². The van der Waals surface area contributed by atoms with E-state index in [-0.39, 0.29) is 17.2 Å². The molecule has 0 saturated heterocycles. The fourth-order valence-corrected chi connectivity index (χ4v) is 3.12. The molecule has 2 aromatic rings. The van der Waals surface area contributed by atoms with Gasteiger partial charge in [-0.25, -0.2) is 0 Å². The van der Waals surface area contributed by atoms with E-state index in [2.05, 4.69) is 5.32 Å². The van der Waals surface area contributed by atoms with Gasteiger partial charge in [-0.15, -0.1) is 0 Å². The lowest BCUT2D eigenvalue weighted by molar-refractivity contribution is -0.481. The van der Waals surface area contributed by atoms with Gasteiger partial charge in [0.15, 0.2) is 0 Å². The van der Waals surface area contributed by atoms with Gasteiger partial charge in [-0.2, -0.15) is 0 Å². The number of nitrogens with one attached hydrogen (secondary N) is 1. The Morgan fingerprint density at radius 2 is 1.88 bits per heavy atom. The number of anilines is 1. The number of rotatable bonds is 5. The summed E-state index contributed by atoms with van der Waals surface area (Å²) in [6.45, 7) is 0.628. The number of fused-ring (bicyclic) bond motifs is 1. The SMILES string of the molecule is O=[N+]([O-])C[C@@H](c1cccc([N+](=O)[O-])c1)c1ccc2c(c1)CCCN2. The Morgan fingerprint density at radius 3 is 2.62 bits per heavy atom. The van der Waals surface area contributed by atoms with Gasteiger partial charge in [0.1, 0.15) is 0 Å². The molecule has 0 amide bonds. The standard InChI is InChI=1S/C17H17N3O4/c21-19(22)11-16(12-3-1-5-15(10-12)20(23)24)13-6-7-17-14(9-13)4-2-8-18-17/h1,3,5-7,9-10,16,18H,2,4,8,11H2/t16-/m0/s1. The van der Waals surface area contributed by atoms with E-state index in [4.69, 9.17) is 0 Å². The molecule has 1 atom stereocenters. The van der Waals surface area contributed by atoms with Crippen molar-refractivity contribution in [1.82, 2.24) is 0 Å². The summed E-state index contributed by atoms with van der Waals surface area (Å²) in [7, 11) is 0. The van der Waals surface area contributed by atoms with Crippen molar-refractivity contribution in [2.45, 2.75) is 18.8 Å². The van der Waals surface area contributed by atoms with E-state index >= 15 is 0 Å². The number of nitro groups is 2. The van der Waals surface area contributed by atoms with E-state index in [9.17, 15) is 20.2 Å². The number of non-ortho nitro benzene ring substituents is 1. The third-order valence-electron chi connectivity index (χ3n) is 4.29. The van der Waals surface area contributed by atoms with Crippen molar-refractivity contribution in [2.24, 2.45) is 0 Å². The van der Waals surface area contributed by atoms with E-state index in [0.29, 0.717) is 5.56 Å². The minimum Gasteiger partial charge on any atom is -0.385 e. The first-order valence-corrected chi connectivity index (χ1v) is 7.77. The van der Waals surface area contributed by atoms with Crippen LogP contribution in [-0.4, -0.2) is 22.9 Å². The largest absolute Gasteiger partial charge is 0.385 e. The van der Waals surface area contributed by atoms with Crippen molar-refractivity contribution in [1.29, 1.82) is 0 Å². The van der Waals surface area contributed by atoms with Gasteiger partial charge in [0.2, 0.25) is 6.54 Å². The summed E-state index contributed by atoms with van der Waals surface area (Å²) in [5, 5.41) is 25.4. The smallest absolute Gasteiger partial charge is 0.269 e. The number of hydrogen-bond donors (Lipinski definition) is 1. The van der Waals surface area contributed by atoms with E-state index in [1.165, 1.54) is 12.1 Å². The topological polar surface area (TPSA) is 98.3 Å². The number of nitro benzene ring substituents is 1. The van der Waals surface area contributed by atoms with Crippen molar-refractivity contribution >= 4 is 11.4 Å². The Morgan fingerprint density at radius 1 is 1.08 bits per heavy atom. The minimum absolute atomic E-state index is 0.0551. The Labute approximate surface area is 138 Å². The van der Waals surface area contributed by atoms with Crippen molar-refractivity contribution < 1.29 is 9.85 Å². The maximum absolute atomic E-state index is 11.1. The van der Waals surface area contributed by atoms with Gasteiger partial charge < -0.3 is 5.32 Å². The second kappa shape index (κ2) is 6.66. The molecule has 0 saturated carbocycles. The second-order valence-corrected chi connectivity index (χ2v) is 5.87. The monoisotopic (exact) mass is 327 g/mol. The predicted octanol–water partition coefficient (Wildman–Crippen LogP) is 3.36. The van der Waals surface area contributed by atoms with E-state index in [0.717, 1.165) is 36.2 Å². The quantitative estimate of drug-likeness (QED) is 0.670. The van der Waals surface area contributed by atoms with Gasteiger partial charge in [0.05, 0.1) is 10.8 Å². The molecule has 0 radical (unpaired) electrons. The molecule has 1 aliphatic rings. The number of benzene rings is 2. The minimum atomic E-state index is -0.507. The molecule has 1 aliphatic heterocycles. The van der Waals surface area contributed by atoms with Crippen molar-refractivity contribution in [3.63, 3.8) is 0 Å². The molecule has 3 rings (SSSR count). The zero-order chi connectivity index (χ0) is 17.1. The van der Waals surface area contributed by atoms with Gasteiger partial charge in [-0.3, -0.25) is 20.2 Å². The fourth-order valence-electron chi connectivity index (χ4n) is 3.12. The molecule has 0 aliphatic carbocycles. The van der Waals surface area contributed by atoms with Crippen LogP contribution in [0.4, 0.5) is 11.4 Å². The van der Waals surface area contributed by atoms with Gasteiger partial charge in [0, 0.05) is 29.3 Å². The Balaban J connectivity index is 2.02. The number of aryl methyl sites for hydroxylation is 1. The van der Waals surface area contributed by atoms with Gasteiger partial charge >= 0.3 is 0 Å². The molecular weight excluding hydrogens is 310 g/mol. The van der Waals surface area contributed by atoms with Crippen LogP contribution in [0.1, 0.15) is 29.0 Å². The maximum Gasteiger partial charge on any atom is 0.269 e.